The van der Waals surface area contributed by atoms with Crippen LogP contribution in [0.4, 0.5) is 0 Å². The summed E-state index contributed by atoms with van der Waals surface area (Å²) in [6.45, 7) is 6.28. The maximum Gasteiger partial charge on any atom is 0.222 e. The first kappa shape index (κ1) is 14.7. The average Bonchev–Trinajstić information content (AvgIpc) is 2.20. The van der Waals surface area contributed by atoms with Gasteiger partial charge in [-0.1, -0.05) is 13.8 Å². The summed E-state index contributed by atoms with van der Waals surface area (Å²) in [4.78, 5) is 13.6. The molecule has 0 N–H and O–H groups in total. The molecule has 0 rings (SSSR count). The third-order valence-corrected chi connectivity index (χ3v) is 2.30. The minimum atomic E-state index is 0.182. The molecule has 0 unspecified atom stereocenters. The van der Waals surface area contributed by atoms with Gasteiger partial charge in [0.15, 0.2) is 0 Å². The van der Waals surface area contributed by atoms with E-state index < -0.39 is 0 Å². The summed E-state index contributed by atoms with van der Waals surface area (Å²) in [7, 11) is 1.65. The molecule has 4 heteroatoms. The van der Waals surface area contributed by atoms with Crippen LogP contribution in [0.3, 0.4) is 0 Å². The van der Waals surface area contributed by atoms with Crippen molar-refractivity contribution in [1.82, 2.24) is 4.90 Å². The van der Waals surface area contributed by atoms with Crippen LogP contribution in [0.25, 0.3) is 0 Å². The number of carbonyl (C=O) groups excluding carboxylic acids is 1. The lowest BCUT2D eigenvalue weighted by molar-refractivity contribution is -0.132. The Morgan fingerprint density at radius 3 is 2.60 bits per heavy atom. The van der Waals surface area contributed by atoms with E-state index in [1.807, 2.05) is 4.90 Å². The molecule has 0 bridgehead atoms. The summed E-state index contributed by atoms with van der Waals surface area (Å²) in [5, 5.41) is 0. The Labute approximate surface area is 97.7 Å². The quantitative estimate of drug-likeness (QED) is 0.604. The standard InChI is InChI=1S/C11H22ClNO2/c1-10(2)9-13(7-8-15-3)11(14)5-4-6-12/h10H,4-9H2,1-3H3. The van der Waals surface area contributed by atoms with Crippen molar-refractivity contribution in [2.45, 2.75) is 26.7 Å². The molecule has 90 valence electrons. The van der Waals surface area contributed by atoms with E-state index in [2.05, 4.69) is 13.8 Å². The number of alkyl halides is 1. The number of hydrogen-bond donors (Lipinski definition) is 0. The Balaban J connectivity index is 4.02. The number of carbonyl (C=O) groups is 1. The van der Waals surface area contributed by atoms with E-state index in [1.165, 1.54) is 0 Å². The van der Waals surface area contributed by atoms with Crippen LogP contribution < -0.4 is 0 Å². The van der Waals surface area contributed by atoms with Crippen LogP contribution in [-0.2, 0) is 9.53 Å². The SMILES string of the molecule is COCCN(CC(C)C)C(=O)CCCCl. The molecule has 0 aliphatic heterocycles. The van der Waals surface area contributed by atoms with Gasteiger partial charge in [0.05, 0.1) is 6.61 Å². The zero-order valence-electron chi connectivity index (χ0n) is 9.96. The van der Waals surface area contributed by atoms with Gasteiger partial charge >= 0.3 is 0 Å². The Morgan fingerprint density at radius 1 is 1.47 bits per heavy atom. The van der Waals surface area contributed by atoms with E-state index in [1.54, 1.807) is 7.11 Å². The smallest absolute Gasteiger partial charge is 0.222 e. The molecule has 0 heterocycles. The maximum atomic E-state index is 11.8. The summed E-state index contributed by atoms with van der Waals surface area (Å²) in [5.41, 5.74) is 0. The number of hydrogen-bond acceptors (Lipinski definition) is 2. The van der Waals surface area contributed by atoms with Crippen LogP contribution in [0.15, 0.2) is 0 Å². The van der Waals surface area contributed by atoms with E-state index in [0.717, 1.165) is 13.0 Å². The minimum absolute atomic E-state index is 0.182. The second-order valence-electron chi connectivity index (χ2n) is 4.02. The number of rotatable bonds is 8. The number of nitrogens with zero attached hydrogens (tertiary/aromatic N) is 1. The van der Waals surface area contributed by atoms with Gasteiger partial charge in [-0.15, -0.1) is 11.6 Å². The third-order valence-electron chi connectivity index (χ3n) is 2.03. The molecule has 0 fully saturated rings. The highest BCUT2D eigenvalue weighted by Gasteiger charge is 2.13. The van der Waals surface area contributed by atoms with Crippen LogP contribution in [-0.4, -0.2) is 43.5 Å². The zero-order chi connectivity index (χ0) is 11.7. The van der Waals surface area contributed by atoms with Crippen molar-refractivity contribution >= 4 is 17.5 Å². The highest BCUT2D eigenvalue weighted by molar-refractivity contribution is 6.17. The summed E-state index contributed by atoms with van der Waals surface area (Å²) in [5.74, 6) is 1.22. The molecule has 15 heavy (non-hydrogen) atoms. The summed E-state index contributed by atoms with van der Waals surface area (Å²) >= 11 is 5.56. The second kappa shape index (κ2) is 8.98. The van der Waals surface area contributed by atoms with Gasteiger partial charge in [-0.05, 0) is 12.3 Å². The molecule has 0 radical (unpaired) electrons. The van der Waals surface area contributed by atoms with Crippen molar-refractivity contribution in [2.75, 3.05) is 32.7 Å². The maximum absolute atomic E-state index is 11.8. The van der Waals surface area contributed by atoms with Gasteiger partial charge < -0.3 is 9.64 Å². The fraction of sp³-hybridized carbons (Fsp3) is 0.909. The Bertz CT molecular complexity index is 174. The van der Waals surface area contributed by atoms with Gasteiger partial charge in [0, 0.05) is 32.5 Å². The molecule has 0 aliphatic carbocycles. The lowest BCUT2D eigenvalue weighted by Crippen LogP contribution is -2.36. The van der Waals surface area contributed by atoms with Crippen molar-refractivity contribution in [1.29, 1.82) is 0 Å². The van der Waals surface area contributed by atoms with E-state index in [9.17, 15) is 4.79 Å². The van der Waals surface area contributed by atoms with Crippen LogP contribution in [0.2, 0.25) is 0 Å². The molecule has 0 aromatic carbocycles. The van der Waals surface area contributed by atoms with E-state index in [0.29, 0.717) is 31.4 Å². The molecule has 0 spiro atoms. The van der Waals surface area contributed by atoms with Crippen molar-refractivity contribution in [3.8, 4) is 0 Å². The molecule has 0 saturated carbocycles. The van der Waals surface area contributed by atoms with E-state index in [4.69, 9.17) is 16.3 Å². The van der Waals surface area contributed by atoms with Gasteiger partial charge in [0.2, 0.25) is 5.91 Å². The number of methoxy groups -OCH3 is 1. The zero-order valence-corrected chi connectivity index (χ0v) is 10.7. The monoisotopic (exact) mass is 235 g/mol. The predicted molar refractivity (Wildman–Crippen MR) is 63.2 cm³/mol. The second-order valence-corrected chi connectivity index (χ2v) is 4.40. The molecule has 0 saturated heterocycles. The largest absolute Gasteiger partial charge is 0.383 e. The fourth-order valence-corrected chi connectivity index (χ4v) is 1.47. The Hall–Kier alpha value is -0.280. The lowest BCUT2D eigenvalue weighted by Gasteiger charge is -2.24. The average molecular weight is 236 g/mol. The van der Waals surface area contributed by atoms with Crippen LogP contribution in [0.5, 0.6) is 0 Å². The number of amides is 1. The number of halogens is 1. The molecule has 0 aromatic rings. The lowest BCUT2D eigenvalue weighted by atomic mass is 10.2. The fourth-order valence-electron chi connectivity index (χ4n) is 1.34. The molecule has 3 nitrogen and oxygen atoms in total. The molecule has 1 amide bonds. The Morgan fingerprint density at radius 2 is 2.13 bits per heavy atom. The third kappa shape index (κ3) is 7.63. The summed E-state index contributed by atoms with van der Waals surface area (Å²) in [6, 6.07) is 0. The first-order valence-electron chi connectivity index (χ1n) is 5.44. The summed E-state index contributed by atoms with van der Waals surface area (Å²) in [6.07, 6.45) is 1.29. The first-order chi connectivity index (χ1) is 7.11. The van der Waals surface area contributed by atoms with E-state index >= 15 is 0 Å². The first-order valence-corrected chi connectivity index (χ1v) is 5.98. The van der Waals surface area contributed by atoms with Crippen LogP contribution in [0, 0.1) is 5.92 Å². The van der Waals surface area contributed by atoms with Gasteiger partial charge in [-0.3, -0.25) is 4.79 Å². The predicted octanol–water partition coefficient (Wildman–Crippen LogP) is 2.14. The summed E-state index contributed by atoms with van der Waals surface area (Å²) < 4.78 is 4.99. The highest BCUT2D eigenvalue weighted by Crippen LogP contribution is 2.04. The van der Waals surface area contributed by atoms with Crippen molar-refractivity contribution in [3.63, 3.8) is 0 Å². The van der Waals surface area contributed by atoms with E-state index in [-0.39, 0.29) is 5.91 Å². The molecular weight excluding hydrogens is 214 g/mol. The van der Waals surface area contributed by atoms with Gasteiger partial charge in [-0.25, -0.2) is 0 Å². The van der Waals surface area contributed by atoms with Gasteiger partial charge in [-0.2, -0.15) is 0 Å². The minimum Gasteiger partial charge on any atom is -0.383 e. The normalized spacial score (nSPS) is 10.7. The molecule has 0 aliphatic rings. The van der Waals surface area contributed by atoms with Gasteiger partial charge in [0.1, 0.15) is 0 Å². The number of ether oxygens (including phenoxy) is 1. The van der Waals surface area contributed by atoms with Crippen LogP contribution >= 0.6 is 11.6 Å². The molecule has 0 atom stereocenters. The molecular formula is C11H22ClNO2. The Kier molecular flexibility index (Phi) is 8.82. The van der Waals surface area contributed by atoms with Crippen LogP contribution in [0.1, 0.15) is 26.7 Å². The van der Waals surface area contributed by atoms with Crippen molar-refractivity contribution in [3.05, 3.63) is 0 Å². The molecule has 0 aromatic heterocycles. The van der Waals surface area contributed by atoms with Crippen molar-refractivity contribution in [2.24, 2.45) is 5.92 Å². The highest BCUT2D eigenvalue weighted by atomic mass is 35.5. The topological polar surface area (TPSA) is 29.5 Å². The van der Waals surface area contributed by atoms with Gasteiger partial charge in [0.25, 0.3) is 0 Å². The van der Waals surface area contributed by atoms with Crippen molar-refractivity contribution < 1.29 is 9.53 Å².